The maximum atomic E-state index is 13.7. The van der Waals surface area contributed by atoms with Gasteiger partial charge in [0.05, 0.1) is 55.6 Å². The number of amides is 4. The molecule has 1 aliphatic rings. The summed E-state index contributed by atoms with van der Waals surface area (Å²) in [7, 11) is 2.57. The Hall–Kier alpha value is -6.12. The Morgan fingerprint density at radius 3 is 2.10 bits per heavy atom. The maximum absolute atomic E-state index is 13.7. The first-order chi connectivity index (χ1) is 28.3. The highest BCUT2D eigenvalue weighted by Crippen LogP contribution is 2.39. The lowest BCUT2D eigenvalue weighted by Gasteiger charge is -2.33. The SMILES string of the molecule is CC[C@@H](c1ncc(-c2ccc(-c3ccc(-c4cnc([C@@H]5CCCN5C(=O)[C@@H](NC(=O)OC)C(C)C)[nH]4)c4[nH]cc(C)c34)cc2)[nH]1)N(CC)C(=O)[C@@H](NC(=O)OC)C(C)C. The van der Waals surface area contributed by atoms with Gasteiger partial charge in [-0.25, -0.2) is 19.6 Å². The van der Waals surface area contributed by atoms with Crippen molar-refractivity contribution in [1.29, 1.82) is 0 Å². The largest absolute Gasteiger partial charge is 0.453 e. The summed E-state index contributed by atoms with van der Waals surface area (Å²) in [6, 6.07) is 10.5. The number of rotatable bonds is 14. The Balaban J connectivity index is 1.22. The number of likely N-dealkylation sites (tertiary alicyclic amines) is 1. The normalized spacial score (nSPS) is 15.6. The molecule has 4 amide bonds. The third-order valence-electron chi connectivity index (χ3n) is 11.4. The topological polar surface area (TPSA) is 190 Å². The van der Waals surface area contributed by atoms with E-state index in [-0.39, 0.29) is 35.7 Å². The van der Waals surface area contributed by atoms with Gasteiger partial charge in [0, 0.05) is 30.2 Å². The molecule has 15 nitrogen and oxygen atoms in total. The van der Waals surface area contributed by atoms with Crippen LogP contribution in [0.25, 0.3) is 44.5 Å². The van der Waals surface area contributed by atoms with Gasteiger partial charge >= 0.3 is 12.2 Å². The summed E-state index contributed by atoms with van der Waals surface area (Å²) in [5, 5.41) is 6.50. The molecule has 5 aromatic rings. The Labute approximate surface area is 345 Å². The minimum absolute atomic E-state index is 0.121. The number of H-pyrrole nitrogens is 3. The lowest BCUT2D eigenvalue weighted by atomic mass is 9.95. The van der Waals surface area contributed by atoms with Gasteiger partial charge in [0.2, 0.25) is 11.8 Å². The van der Waals surface area contributed by atoms with Gasteiger partial charge in [0.25, 0.3) is 0 Å². The number of hydrogen-bond acceptors (Lipinski definition) is 8. The van der Waals surface area contributed by atoms with Gasteiger partial charge in [-0.05, 0) is 67.2 Å². The molecule has 1 aliphatic heterocycles. The van der Waals surface area contributed by atoms with Crippen LogP contribution in [0, 0.1) is 18.8 Å². The lowest BCUT2D eigenvalue weighted by molar-refractivity contribution is -0.137. The van der Waals surface area contributed by atoms with Crippen LogP contribution in [0.15, 0.2) is 55.0 Å². The summed E-state index contributed by atoms with van der Waals surface area (Å²) in [6.45, 7) is 14.6. The number of fused-ring (bicyclic) bond motifs is 1. The number of methoxy groups -OCH3 is 2. The van der Waals surface area contributed by atoms with Gasteiger partial charge in [-0.1, -0.05) is 71.0 Å². The van der Waals surface area contributed by atoms with E-state index in [1.807, 2.05) is 58.8 Å². The van der Waals surface area contributed by atoms with Gasteiger partial charge in [0.1, 0.15) is 23.7 Å². The highest BCUT2D eigenvalue weighted by molar-refractivity contribution is 6.04. The van der Waals surface area contributed by atoms with E-state index in [4.69, 9.17) is 19.4 Å². The van der Waals surface area contributed by atoms with Crippen LogP contribution in [0.4, 0.5) is 9.59 Å². The Bertz CT molecular complexity index is 2270. The zero-order valence-corrected chi connectivity index (χ0v) is 35.4. The summed E-state index contributed by atoms with van der Waals surface area (Å²) in [5.74, 6) is 0.781. The summed E-state index contributed by atoms with van der Waals surface area (Å²) >= 11 is 0. The van der Waals surface area contributed by atoms with Crippen LogP contribution in [-0.4, -0.2) is 98.1 Å². The number of ether oxygens (including phenoxy) is 2. The molecule has 4 atom stereocenters. The number of aromatic amines is 3. The van der Waals surface area contributed by atoms with E-state index in [1.54, 1.807) is 11.1 Å². The summed E-state index contributed by atoms with van der Waals surface area (Å²) < 4.78 is 9.57. The molecular weight excluding hydrogens is 751 g/mol. The molecule has 1 fully saturated rings. The number of hydrogen-bond donors (Lipinski definition) is 5. The number of alkyl carbamates (subject to hydrolysis) is 2. The Morgan fingerprint density at radius 2 is 1.47 bits per heavy atom. The Morgan fingerprint density at radius 1 is 0.847 bits per heavy atom. The molecular formula is C44H57N9O6. The van der Waals surface area contributed by atoms with Crippen molar-refractivity contribution >= 4 is 34.9 Å². The fraction of sp³-hybridized carbons (Fsp3) is 0.455. The van der Waals surface area contributed by atoms with Crippen molar-refractivity contribution in [3.63, 3.8) is 0 Å². The average Bonchev–Trinajstić information content (AvgIpc) is 4.08. The van der Waals surface area contributed by atoms with E-state index >= 15 is 0 Å². The molecule has 59 heavy (non-hydrogen) atoms. The van der Waals surface area contributed by atoms with E-state index in [0.717, 1.165) is 62.9 Å². The van der Waals surface area contributed by atoms with Crippen LogP contribution in [0.5, 0.6) is 0 Å². The minimum Gasteiger partial charge on any atom is -0.453 e. The van der Waals surface area contributed by atoms with Gasteiger partial charge < -0.3 is 44.9 Å². The second-order valence-corrected chi connectivity index (χ2v) is 15.8. The smallest absolute Gasteiger partial charge is 0.407 e. The fourth-order valence-electron chi connectivity index (χ4n) is 8.17. The predicted molar refractivity (Wildman–Crippen MR) is 226 cm³/mol. The van der Waals surface area contributed by atoms with Crippen LogP contribution in [-0.2, 0) is 19.1 Å². The lowest BCUT2D eigenvalue weighted by Crippen LogP contribution is -2.52. The van der Waals surface area contributed by atoms with Crippen LogP contribution in [0.1, 0.15) is 90.1 Å². The number of aromatic nitrogens is 5. The fourth-order valence-corrected chi connectivity index (χ4v) is 8.17. The minimum atomic E-state index is -0.735. The second kappa shape index (κ2) is 18.2. The van der Waals surface area contributed by atoms with Crippen molar-refractivity contribution in [1.82, 2.24) is 45.4 Å². The molecule has 0 spiro atoms. The number of carbonyl (C=O) groups excluding carboxylic acids is 4. The summed E-state index contributed by atoms with van der Waals surface area (Å²) in [6.07, 6.45) is 6.58. The zero-order chi connectivity index (χ0) is 42.5. The molecule has 314 valence electrons. The van der Waals surface area contributed by atoms with E-state index in [1.165, 1.54) is 14.2 Å². The average molecular weight is 808 g/mol. The monoisotopic (exact) mass is 807 g/mol. The standard InChI is InChI=1S/C44H57N9O6/c1-10-33(52(11-2)41(54)36(24(3)4)50-43(56)58-8)39-46-22-31(48-39)28-16-14-27(15-17-28)29-18-19-30(38-35(29)26(7)21-45-38)32-23-47-40(49-32)34-13-12-20-53(34)42(55)37(25(5)6)51-44(57)59-9/h14-19,21-25,33-34,36-37,45H,10-13,20H2,1-9H3,(H,46,48)(H,47,49)(H,50,56)(H,51,57)/t33-,34-,36-,37-/m0/s1. The van der Waals surface area contributed by atoms with Gasteiger partial charge in [-0.15, -0.1) is 0 Å². The van der Waals surface area contributed by atoms with Crippen molar-refractivity contribution in [2.45, 2.75) is 91.9 Å². The molecule has 0 saturated carbocycles. The number of benzene rings is 2. The number of aryl methyl sites for hydroxylation is 1. The van der Waals surface area contributed by atoms with Gasteiger partial charge in [-0.2, -0.15) is 0 Å². The molecule has 2 aromatic carbocycles. The molecule has 6 rings (SSSR count). The van der Waals surface area contributed by atoms with E-state index in [0.29, 0.717) is 31.2 Å². The number of imidazole rings is 2. The van der Waals surface area contributed by atoms with Crippen molar-refractivity contribution in [3.05, 3.63) is 72.2 Å². The second-order valence-electron chi connectivity index (χ2n) is 15.8. The highest BCUT2D eigenvalue weighted by atomic mass is 16.5. The number of nitrogens with zero attached hydrogens (tertiary/aromatic N) is 4. The first kappa shape index (κ1) is 42.5. The number of nitrogens with one attached hydrogen (secondary N) is 5. The summed E-state index contributed by atoms with van der Waals surface area (Å²) in [5.41, 5.74) is 7.78. The molecule has 0 bridgehead atoms. The van der Waals surface area contributed by atoms with Crippen molar-refractivity contribution in [2.75, 3.05) is 27.3 Å². The molecule has 4 heterocycles. The number of likely N-dealkylation sites (N-methyl/N-ethyl adjacent to an activating group) is 1. The quantitative estimate of drug-likeness (QED) is 0.0756. The third kappa shape index (κ3) is 8.69. The Kier molecular flexibility index (Phi) is 13.1. The molecule has 5 N–H and O–H groups in total. The maximum Gasteiger partial charge on any atom is 0.407 e. The number of carbonyl (C=O) groups is 4. The van der Waals surface area contributed by atoms with Crippen LogP contribution < -0.4 is 10.6 Å². The summed E-state index contributed by atoms with van der Waals surface area (Å²) in [4.78, 5) is 75.0. The van der Waals surface area contributed by atoms with Crippen molar-refractivity contribution < 1.29 is 28.7 Å². The predicted octanol–water partition coefficient (Wildman–Crippen LogP) is 7.65. The first-order valence-corrected chi connectivity index (χ1v) is 20.4. The van der Waals surface area contributed by atoms with Crippen molar-refractivity contribution in [2.24, 2.45) is 11.8 Å². The van der Waals surface area contributed by atoms with Gasteiger partial charge in [-0.3, -0.25) is 9.59 Å². The van der Waals surface area contributed by atoms with Crippen LogP contribution in [0.3, 0.4) is 0 Å². The van der Waals surface area contributed by atoms with E-state index < -0.39 is 24.3 Å². The van der Waals surface area contributed by atoms with Crippen molar-refractivity contribution in [3.8, 4) is 33.6 Å². The molecule has 0 unspecified atom stereocenters. The van der Waals surface area contributed by atoms with Gasteiger partial charge in [0.15, 0.2) is 0 Å². The van der Waals surface area contributed by atoms with Crippen LogP contribution >= 0.6 is 0 Å². The molecule has 3 aromatic heterocycles. The molecule has 15 heteroatoms. The third-order valence-corrected chi connectivity index (χ3v) is 11.4. The van der Waals surface area contributed by atoms with E-state index in [9.17, 15) is 19.2 Å². The molecule has 0 aliphatic carbocycles. The molecule has 0 radical (unpaired) electrons. The zero-order valence-electron chi connectivity index (χ0n) is 35.4. The van der Waals surface area contributed by atoms with Crippen LogP contribution in [0.2, 0.25) is 0 Å². The van der Waals surface area contributed by atoms with E-state index in [2.05, 4.69) is 68.9 Å². The highest BCUT2D eigenvalue weighted by Gasteiger charge is 2.38. The molecule has 1 saturated heterocycles. The first-order valence-electron chi connectivity index (χ1n) is 20.4.